The molecule has 4 atom stereocenters. The van der Waals surface area contributed by atoms with Crippen LogP contribution in [-0.2, 0) is 32.1 Å². The summed E-state index contributed by atoms with van der Waals surface area (Å²) in [5.74, 6) is 0.0582. The van der Waals surface area contributed by atoms with Crippen molar-refractivity contribution in [2.75, 3.05) is 52.9 Å². The topological polar surface area (TPSA) is 118 Å². The monoisotopic (exact) mass is 703 g/mol. The number of hydrogen-bond donors (Lipinski definition) is 2. The lowest BCUT2D eigenvalue weighted by Gasteiger charge is -2.39. The fourth-order valence-electron chi connectivity index (χ4n) is 8.83. The summed E-state index contributed by atoms with van der Waals surface area (Å²) >= 11 is 1.69. The number of hydrogen-bond acceptors (Lipinski definition) is 8. The Hall–Kier alpha value is -3.35. The molecule has 11 nitrogen and oxygen atoms in total. The summed E-state index contributed by atoms with van der Waals surface area (Å²) in [5, 5.41) is 7.97. The predicted octanol–water partition coefficient (Wildman–Crippen LogP) is 2.93. The first-order chi connectivity index (χ1) is 24.2. The number of amides is 4. The number of benzene rings is 1. The smallest absolute Gasteiger partial charge is 0.245 e. The van der Waals surface area contributed by atoms with Gasteiger partial charge in [-0.05, 0) is 83.0 Å². The largest absolute Gasteiger partial charge is 0.352 e. The molecule has 0 unspecified atom stereocenters. The number of carbonyl (C=O) groups excluding carboxylic acids is 4. The van der Waals surface area contributed by atoms with Crippen molar-refractivity contribution >= 4 is 35.0 Å². The van der Waals surface area contributed by atoms with E-state index in [-0.39, 0.29) is 60.3 Å². The SMILES string of the molecule is Cc1sc2nc1CC(=O)N1CC[C@@H](CC(=O)NCc3ccccc3)[C@@H](CC(=O)N3C[C@@H](NC4CCN(C)CC4)C[C@H]3C(=O)N3CCC2CC3)C1. The van der Waals surface area contributed by atoms with Crippen molar-refractivity contribution in [3.8, 4) is 0 Å². The van der Waals surface area contributed by atoms with Crippen LogP contribution in [0.4, 0.5) is 0 Å². The van der Waals surface area contributed by atoms with Gasteiger partial charge in [0.1, 0.15) is 6.04 Å². The molecule has 0 aliphatic carbocycles. The van der Waals surface area contributed by atoms with Gasteiger partial charge in [-0.2, -0.15) is 0 Å². The fourth-order valence-corrected chi connectivity index (χ4v) is 9.94. The van der Waals surface area contributed by atoms with Crippen LogP contribution in [0.25, 0.3) is 0 Å². The number of aryl methyl sites for hydroxylation is 1. The van der Waals surface area contributed by atoms with E-state index in [2.05, 4.69) is 22.6 Å². The zero-order valence-electron chi connectivity index (χ0n) is 29.6. The molecular weight excluding hydrogens is 651 g/mol. The summed E-state index contributed by atoms with van der Waals surface area (Å²) in [6.07, 6.45) is 5.84. The Morgan fingerprint density at radius 3 is 2.40 bits per heavy atom. The van der Waals surface area contributed by atoms with E-state index in [0.717, 1.165) is 59.9 Å². The predicted molar refractivity (Wildman–Crippen MR) is 192 cm³/mol. The van der Waals surface area contributed by atoms with Crippen LogP contribution in [0.5, 0.6) is 0 Å². The van der Waals surface area contributed by atoms with Crippen LogP contribution in [0.3, 0.4) is 0 Å². The molecular formula is C38H53N7O4S. The van der Waals surface area contributed by atoms with E-state index in [4.69, 9.17) is 4.98 Å². The molecule has 6 aliphatic rings. The molecule has 4 saturated heterocycles. The first-order valence-electron chi connectivity index (χ1n) is 18.8. The Labute approximate surface area is 300 Å². The lowest BCUT2D eigenvalue weighted by molar-refractivity contribution is -0.146. The summed E-state index contributed by atoms with van der Waals surface area (Å²) in [4.78, 5) is 69.9. The van der Waals surface area contributed by atoms with Gasteiger partial charge in [0.15, 0.2) is 0 Å². The standard InChI is InChI=1S/C38H53N7O4S/c1-25-32-21-35(47)44-17-10-28(18-34(46)39-22-26-6-4-3-5-7-26)29(23-44)19-36(48)45-24-31(40-30-11-13-42(2)14-12-30)20-33(45)38(49)43-15-8-27(9-16-43)37(41-32)50-25/h3-7,27-31,33,40H,8-24H2,1-2H3,(H,39,46)/t28-,29-,31-,33-/m0/s1. The summed E-state index contributed by atoms with van der Waals surface area (Å²) in [5.41, 5.74) is 1.88. The van der Waals surface area contributed by atoms with Gasteiger partial charge in [-0.25, -0.2) is 4.98 Å². The van der Waals surface area contributed by atoms with Crippen molar-refractivity contribution < 1.29 is 19.2 Å². The van der Waals surface area contributed by atoms with Gasteiger partial charge in [0.2, 0.25) is 23.6 Å². The fraction of sp³-hybridized carbons (Fsp3) is 0.658. The highest BCUT2D eigenvalue weighted by molar-refractivity contribution is 7.11. The molecule has 2 N–H and O–H groups in total. The van der Waals surface area contributed by atoms with Gasteiger partial charge in [0, 0.05) is 75.0 Å². The number of likely N-dealkylation sites (tertiary alicyclic amines) is 1. The van der Waals surface area contributed by atoms with Gasteiger partial charge < -0.3 is 30.2 Å². The molecule has 2 aromatic rings. The van der Waals surface area contributed by atoms with Crippen LogP contribution in [0, 0.1) is 18.8 Å². The van der Waals surface area contributed by atoms with Gasteiger partial charge >= 0.3 is 0 Å². The van der Waals surface area contributed by atoms with Crippen LogP contribution in [-0.4, -0.2) is 119 Å². The van der Waals surface area contributed by atoms with Gasteiger partial charge in [-0.15, -0.1) is 11.3 Å². The maximum Gasteiger partial charge on any atom is 0.245 e. The van der Waals surface area contributed by atoms with Crippen LogP contribution in [0.15, 0.2) is 30.3 Å². The number of nitrogens with one attached hydrogen (secondary N) is 2. The average molecular weight is 704 g/mol. The second kappa shape index (κ2) is 15.5. The van der Waals surface area contributed by atoms with Gasteiger partial charge in [0.25, 0.3) is 0 Å². The Morgan fingerprint density at radius 1 is 0.900 bits per heavy atom. The third-order valence-electron chi connectivity index (χ3n) is 11.9. The summed E-state index contributed by atoms with van der Waals surface area (Å²) < 4.78 is 0. The van der Waals surface area contributed by atoms with Crippen LogP contribution in [0.1, 0.15) is 78.4 Å². The first kappa shape index (κ1) is 35.1. The normalized spacial score (nSPS) is 28.6. The van der Waals surface area contributed by atoms with Gasteiger partial charge in [-0.3, -0.25) is 19.2 Å². The molecule has 0 spiro atoms. The third kappa shape index (κ3) is 8.07. The lowest BCUT2D eigenvalue weighted by atomic mass is 9.80. The van der Waals surface area contributed by atoms with Crippen molar-refractivity contribution in [3.63, 3.8) is 0 Å². The van der Waals surface area contributed by atoms with Crippen LogP contribution in [0.2, 0.25) is 0 Å². The second-order valence-electron chi connectivity index (χ2n) is 15.4. The van der Waals surface area contributed by atoms with Crippen molar-refractivity contribution in [1.29, 1.82) is 0 Å². The van der Waals surface area contributed by atoms with Crippen molar-refractivity contribution in [1.82, 2.24) is 35.2 Å². The van der Waals surface area contributed by atoms with Crippen molar-refractivity contribution in [3.05, 3.63) is 51.5 Å². The zero-order chi connectivity index (χ0) is 34.8. The molecule has 270 valence electrons. The number of carbonyl (C=O) groups is 4. The van der Waals surface area contributed by atoms with E-state index in [1.54, 1.807) is 11.3 Å². The molecule has 1 aromatic heterocycles. The summed E-state index contributed by atoms with van der Waals surface area (Å²) in [6.45, 7) is 7.39. The van der Waals surface area contributed by atoms with Crippen molar-refractivity contribution in [2.45, 2.75) is 95.3 Å². The Morgan fingerprint density at radius 2 is 1.64 bits per heavy atom. The number of aromatic nitrogens is 1. The van der Waals surface area contributed by atoms with Crippen molar-refractivity contribution in [2.24, 2.45) is 11.8 Å². The highest BCUT2D eigenvalue weighted by atomic mass is 32.1. The molecule has 7 heterocycles. The first-order valence-corrected chi connectivity index (χ1v) is 19.6. The van der Waals surface area contributed by atoms with E-state index in [0.29, 0.717) is 64.6 Å². The molecule has 6 bridgehead atoms. The number of thiazole rings is 1. The summed E-state index contributed by atoms with van der Waals surface area (Å²) in [7, 11) is 2.15. The minimum Gasteiger partial charge on any atom is -0.352 e. The second-order valence-corrected chi connectivity index (χ2v) is 16.6. The third-order valence-corrected chi connectivity index (χ3v) is 13.1. The molecule has 12 heteroatoms. The van der Waals surface area contributed by atoms with E-state index < -0.39 is 6.04 Å². The minimum absolute atomic E-state index is 0.0325. The highest BCUT2D eigenvalue weighted by Gasteiger charge is 2.44. The molecule has 4 amide bonds. The Bertz CT molecular complexity index is 1530. The Balaban J connectivity index is 1.12. The summed E-state index contributed by atoms with van der Waals surface area (Å²) in [6, 6.07) is 9.80. The highest BCUT2D eigenvalue weighted by Crippen LogP contribution is 2.36. The minimum atomic E-state index is -0.499. The molecule has 0 radical (unpaired) electrons. The zero-order valence-corrected chi connectivity index (χ0v) is 30.5. The maximum absolute atomic E-state index is 14.4. The number of nitrogens with zero attached hydrogens (tertiary/aromatic N) is 5. The number of piperidine rings is 3. The number of rotatable bonds is 6. The molecule has 8 rings (SSSR count). The molecule has 0 saturated carbocycles. The van der Waals surface area contributed by atoms with Gasteiger partial charge in [-0.1, -0.05) is 30.3 Å². The maximum atomic E-state index is 14.4. The molecule has 50 heavy (non-hydrogen) atoms. The molecule has 6 aliphatic heterocycles. The van der Waals surface area contributed by atoms with Gasteiger partial charge in [0.05, 0.1) is 17.1 Å². The lowest BCUT2D eigenvalue weighted by Crippen LogP contribution is -2.51. The van der Waals surface area contributed by atoms with E-state index >= 15 is 0 Å². The van der Waals surface area contributed by atoms with Crippen LogP contribution >= 0.6 is 11.3 Å². The van der Waals surface area contributed by atoms with E-state index in [1.807, 2.05) is 52.0 Å². The average Bonchev–Trinajstić information content (AvgIpc) is 3.72. The molecule has 1 aromatic carbocycles. The number of fused-ring (bicyclic) bond motifs is 4. The van der Waals surface area contributed by atoms with E-state index in [9.17, 15) is 19.2 Å². The molecule has 4 fully saturated rings. The quantitative estimate of drug-likeness (QED) is 0.476. The van der Waals surface area contributed by atoms with E-state index in [1.165, 1.54) is 0 Å². The Kier molecular flexibility index (Phi) is 10.9. The van der Waals surface area contributed by atoms with Crippen LogP contribution < -0.4 is 10.6 Å².